The van der Waals surface area contributed by atoms with Gasteiger partial charge in [-0.25, -0.2) is 9.97 Å². The normalized spacial score (nSPS) is 11.3. The smallest absolute Gasteiger partial charge is 0.383 e. The van der Waals surface area contributed by atoms with Crippen molar-refractivity contribution in [2.24, 2.45) is 0 Å². The molecule has 4 aromatic rings. The maximum absolute atomic E-state index is 13.2. The summed E-state index contributed by atoms with van der Waals surface area (Å²) in [6.07, 6.45) is -4.63. The predicted molar refractivity (Wildman–Crippen MR) is 128 cm³/mol. The number of nitrogens with zero attached hydrogens (tertiary/aromatic N) is 2. The van der Waals surface area contributed by atoms with Crippen molar-refractivity contribution in [2.45, 2.75) is 20.0 Å². The van der Waals surface area contributed by atoms with Crippen LogP contribution in [0.2, 0.25) is 0 Å². The van der Waals surface area contributed by atoms with Gasteiger partial charge in [0.15, 0.2) is 5.82 Å². The molecule has 7 nitrogen and oxygen atoms in total. The highest BCUT2D eigenvalue weighted by Gasteiger charge is 2.31. The van der Waals surface area contributed by atoms with Crippen molar-refractivity contribution < 1.29 is 22.8 Å². The van der Waals surface area contributed by atoms with Crippen LogP contribution in [0, 0.1) is 6.92 Å². The van der Waals surface area contributed by atoms with Crippen molar-refractivity contribution in [3.8, 4) is 11.4 Å². The summed E-state index contributed by atoms with van der Waals surface area (Å²) in [5, 5.41) is 5.58. The number of anilines is 3. The molecule has 0 bridgehead atoms. The van der Waals surface area contributed by atoms with Crippen LogP contribution >= 0.6 is 0 Å². The highest BCUT2D eigenvalue weighted by molar-refractivity contribution is 6.08. The molecule has 1 aromatic heterocycles. The second kappa shape index (κ2) is 9.05. The lowest BCUT2D eigenvalue weighted by atomic mass is 10.0. The number of nitrogens with one attached hydrogen (secondary N) is 2. The van der Waals surface area contributed by atoms with E-state index in [1.165, 1.54) is 13.0 Å². The number of alkyl halides is 3. The lowest BCUT2D eigenvalue weighted by molar-refractivity contribution is -0.137. The predicted octanol–water partition coefficient (Wildman–Crippen LogP) is 5.42. The van der Waals surface area contributed by atoms with Gasteiger partial charge in [0.1, 0.15) is 5.82 Å². The Morgan fingerprint density at radius 2 is 1.66 bits per heavy atom. The van der Waals surface area contributed by atoms with E-state index in [9.17, 15) is 22.8 Å². The Kier molecular flexibility index (Phi) is 6.12. The number of fused-ring (bicyclic) bond motifs is 1. The maximum atomic E-state index is 13.2. The minimum atomic E-state index is -4.63. The zero-order chi connectivity index (χ0) is 25.3. The maximum Gasteiger partial charge on any atom is 0.416 e. The molecule has 0 spiro atoms. The topological polar surface area (TPSA) is 110 Å². The van der Waals surface area contributed by atoms with E-state index in [0.29, 0.717) is 22.3 Å². The van der Waals surface area contributed by atoms with Gasteiger partial charge >= 0.3 is 6.18 Å². The quantitative estimate of drug-likeness (QED) is 0.362. The molecule has 0 fully saturated rings. The van der Waals surface area contributed by atoms with E-state index in [1.54, 1.807) is 24.3 Å². The Morgan fingerprint density at radius 1 is 0.914 bits per heavy atom. The highest BCUT2D eigenvalue weighted by atomic mass is 19.4. The summed E-state index contributed by atoms with van der Waals surface area (Å²) in [5.74, 6) is -0.579. The summed E-state index contributed by atoms with van der Waals surface area (Å²) in [6.45, 7) is 3.03. The first-order valence-corrected chi connectivity index (χ1v) is 10.5. The molecule has 178 valence electrons. The first kappa shape index (κ1) is 23.7. The summed E-state index contributed by atoms with van der Waals surface area (Å²) >= 11 is 0. The largest absolute Gasteiger partial charge is 0.416 e. The van der Waals surface area contributed by atoms with E-state index in [-0.39, 0.29) is 22.8 Å². The summed E-state index contributed by atoms with van der Waals surface area (Å²) in [6, 6.07) is 14.7. The van der Waals surface area contributed by atoms with Crippen molar-refractivity contribution in [1.82, 2.24) is 9.97 Å². The first-order chi connectivity index (χ1) is 16.5. The molecule has 1 heterocycles. The minimum Gasteiger partial charge on any atom is -0.383 e. The van der Waals surface area contributed by atoms with E-state index in [0.717, 1.165) is 23.8 Å². The van der Waals surface area contributed by atoms with Crippen LogP contribution in [0.3, 0.4) is 0 Å². The number of carbonyl (C=O) groups excluding carboxylic acids is 2. The van der Waals surface area contributed by atoms with Crippen LogP contribution in [-0.2, 0) is 11.0 Å². The Labute approximate surface area is 198 Å². The van der Waals surface area contributed by atoms with Gasteiger partial charge in [-0.3, -0.25) is 9.59 Å². The van der Waals surface area contributed by atoms with Gasteiger partial charge < -0.3 is 16.4 Å². The van der Waals surface area contributed by atoms with Gasteiger partial charge in [-0.1, -0.05) is 18.2 Å². The molecule has 4 rings (SSSR count). The van der Waals surface area contributed by atoms with Crippen molar-refractivity contribution in [1.29, 1.82) is 0 Å². The third kappa shape index (κ3) is 5.06. The number of hydrogen-bond acceptors (Lipinski definition) is 5. The Morgan fingerprint density at radius 3 is 2.37 bits per heavy atom. The van der Waals surface area contributed by atoms with Gasteiger partial charge in [-0.05, 0) is 55.0 Å². The second-order valence-corrected chi connectivity index (χ2v) is 7.87. The molecular formula is C25H20F3N5O2. The van der Waals surface area contributed by atoms with Crippen molar-refractivity contribution >= 4 is 39.9 Å². The number of amides is 2. The van der Waals surface area contributed by atoms with Crippen molar-refractivity contribution in [3.05, 3.63) is 77.4 Å². The summed E-state index contributed by atoms with van der Waals surface area (Å²) in [7, 11) is 0. The lowest BCUT2D eigenvalue weighted by Gasteiger charge is -2.15. The molecule has 0 saturated carbocycles. The van der Waals surface area contributed by atoms with E-state index in [4.69, 9.17) is 5.73 Å². The Hall–Kier alpha value is -4.47. The first-order valence-electron chi connectivity index (χ1n) is 10.5. The number of benzene rings is 3. The Bertz CT molecular complexity index is 1470. The average molecular weight is 479 g/mol. The molecule has 0 unspecified atom stereocenters. The van der Waals surface area contributed by atoms with Crippen LogP contribution in [0.1, 0.15) is 28.4 Å². The lowest BCUT2D eigenvalue weighted by Crippen LogP contribution is -2.17. The number of para-hydroxylation sites is 1. The number of aryl methyl sites for hydroxylation is 1. The number of aromatic nitrogens is 2. The van der Waals surface area contributed by atoms with E-state index in [1.807, 2.05) is 19.1 Å². The van der Waals surface area contributed by atoms with Crippen LogP contribution in [0.15, 0.2) is 60.7 Å². The van der Waals surface area contributed by atoms with Gasteiger partial charge in [0.2, 0.25) is 5.91 Å². The Balaban J connectivity index is 1.72. The molecule has 4 N–H and O–H groups in total. The van der Waals surface area contributed by atoms with Crippen molar-refractivity contribution in [2.75, 3.05) is 16.4 Å². The number of rotatable bonds is 4. The van der Waals surface area contributed by atoms with Crippen LogP contribution < -0.4 is 16.4 Å². The van der Waals surface area contributed by atoms with Gasteiger partial charge in [0, 0.05) is 23.4 Å². The molecule has 0 aliphatic carbocycles. The zero-order valence-corrected chi connectivity index (χ0v) is 18.7. The molecule has 0 aliphatic rings. The SMILES string of the molecule is CC(=O)Nc1ccc(C(F)(F)F)cc1NC(=O)c1ccc(C)c(-c2nc(N)c3ccccc3n2)c1. The van der Waals surface area contributed by atoms with Gasteiger partial charge in [0.25, 0.3) is 5.91 Å². The number of carbonyl (C=O) groups is 2. The van der Waals surface area contributed by atoms with Gasteiger partial charge in [-0.15, -0.1) is 0 Å². The zero-order valence-electron chi connectivity index (χ0n) is 18.7. The number of halogens is 3. The van der Waals surface area contributed by atoms with Crippen LogP contribution in [-0.4, -0.2) is 21.8 Å². The molecule has 0 aliphatic heterocycles. The summed E-state index contributed by atoms with van der Waals surface area (Å²) in [4.78, 5) is 33.4. The fourth-order valence-corrected chi connectivity index (χ4v) is 3.54. The van der Waals surface area contributed by atoms with E-state index >= 15 is 0 Å². The molecule has 2 amide bonds. The molecule has 35 heavy (non-hydrogen) atoms. The monoisotopic (exact) mass is 479 g/mol. The fraction of sp³-hybridized carbons (Fsp3) is 0.120. The van der Waals surface area contributed by atoms with E-state index in [2.05, 4.69) is 20.6 Å². The summed E-state index contributed by atoms with van der Waals surface area (Å²) in [5.41, 5.74) is 7.09. The van der Waals surface area contributed by atoms with Gasteiger partial charge in [0.05, 0.1) is 22.5 Å². The number of hydrogen-bond donors (Lipinski definition) is 3. The summed E-state index contributed by atoms with van der Waals surface area (Å²) < 4.78 is 39.7. The third-order valence-electron chi connectivity index (χ3n) is 5.28. The van der Waals surface area contributed by atoms with Crippen LogP contribution in [0.5, 0.6) is 0 Å². The van der Waals surface area contributed by atoms with Crippen LogP contribution in [0.4, 0.5) is 30.4 Å². The highest BCUT2D eigenvalue weighted by Crippen LogP contribution is 2.34. The molecular weight excluding hydrogens is 459 g/mol. The number of nitrogens with two attached hydrogens (primary N) is 1. The molecule has 0 saturated heterocycles. The fourth-order valence-electron chi connectivity index (χ4n) is 3.54. The van der Waals surface area contributed by atoms with Crippen molar-refractivity contribution in [3.63, 3.8) is 0 Å². The standard InChI is InChI=1S/C25H20F3N5O2/c1-13-7-8-15(11-18(13)23-31-19-6-4-3-5-17(19)22(29)33-23)24(35)32-21-12-16(25(26,27)28)9-10-20(21)30-14(2)34/h3-12H,1-2H3,(H,30,34)(H,32,35)(H2,29,31,33). The minimum absolute atomic E-state index is 0.0387. The molecule has 3 aromatic carbocycles. The second-order valence-electron chi connectivity index (χ2n) is 7.87. The molecule has 0 radical (unpaired) electrons. The van der Waals surface area contributed by atoms with Gasteiger partial charge in [-0.2, -0.15) is 13.2 Å². The van der Waals surface area contributed by atoms with E-state index < -0.39 is 23.6 Å². The number of nitrogen functional groups attached to an aromatic ring is 1. The average Bonchev–Trinajstić information content (AvgIpc) is 2.79. The molecule has 0 atom stereocenters. The molecule has 10 heteroatoms. The third-order valence-corrected chi connectivity index (χ3v) is 5.28. The van der Waals surface area contributed by atoms with Crippen LogP contribution in [0.25, 0.3) is 22.3 Å².